The summed E-state index contributed by atoms with van der Waals surface area (Å²) >= 11 is 0. The van der Waals surface area contributed by atoms with Gasteiger partial charge in [-0.2, -0.15) is 0 Å². The van der Waals surface area contributed by atoms with Crippen LogP contribution < -0.4 is 11.2 Å². The number of aliphatic hydroxyl groups excluding tert-OH is 1. The van der Waals surface area contributed by atoms with Crippen molar-refractivity contribution in [1.82, 2.24) is 9.13 Å². The van der Waals surface area contributed by atoms with Gasteiger partial charge in [0.15, 0.2) is 0 Å². The smallest absolute Gasteiger partial charge is 0.331 e. The maximum Gasteiger partial charge on any atom is 0.331 e. The molecule has 5 heteroatoms. The number of rotatable bonds is 3. The Morgan fingerprint density at radius 3 is 2.52 bits per heavy atom. The molecule has 1 heterocycles. The molecule has 0 spiro atoms. The van der Waals surface area contributed by atoms with E-state index in [0.29, 0.717) is 6.42 Å². The van der Waals surface area contributed by atoms with Gasteiger partial charge >= 0.3 is 5.69 Å². The van der Waals surface area contributed by atoms with Gasteiger partial charge in [0.1, 0.15) is 0 Å². The van der Waals surface area contributed by atoms with Crippen molar-refractivity contribution in [1.29, 1.82) is 0 Å². The van der Waals surface area contributed by atoms with E-state index in [1.54, 1.807) is 12.2 Å². The minimum atomic E-state index is -0.531. The van der Waals surface area contributed by atoms with Gasteiger partial charge in [0, 0.05) is 18.7 Å². The van der Waals surface area contributed by atoms with E-state index < -0.39 is 6.10 Å². The minimum Gasteiger partial charge on any atom is -0.389 e. The maximum absolute atomic E-state index is 12.5. The van der Waals surface area contributed by atoms with Gasteiger partial charge in [0.05, 0.1) is 18.7 Å². The zero-order chi connectivity index (χ0) is 14.8. The molecular formula is C16H16N2O3. The zero-order valence-electron chi connectivity index (χ0n) is 11.4. The van der Waals surface area contributed by atoms with Gasteiger partial charge in [-0.3, -0.25) is 13.9 Å². The largest absolute Gasteiger partial charge is 0.389 e. The predicted molar refractivity (Wildman–Crippen MR) is 79.3 cm³/mol. The van der Waals surface area contributed by atoms with Crippen LogP contribution in [-0.4, -0.2) is 20.3 Å². The third-order valence-corrected chi connectivity index (χ3v) is 3.67. The molecule has 5 nitrogen and oxygen atoms in total. The molecule has 0 amide bonds. The summed E-state index contributed by atoms with van der Waals surface area (Å²) < 4.78 is 2.71. The summed E-state index contributed by atoms with van der Waals surface area (Å²) in [6.07, 6.45) is 4.90. The summed E-state index contributed by atoms with van der Waals surface area (Å²) in [4.78, 5) is 24.5. The first kappa shape index (κ1) is 13.6. The van der Waals surface area contributed by atoms with Crippen molar-refractivity contribution in [3.63, 3.8) is 0 Å². The van der Waals surface area contributed by atoms with Crippen molar-refractivity contribution < 1.29 is 5.11 Å². The van der Waals surface area contributed by atoms with Gasteiger partial charge < -0.3 is 5.11 Å². The fourth-order valence-electron chi connectivity index (χ4n) is 2.56. The van der Waals surface area contributed by atoms with Crippen LogP contribution in [0.1, 0.15) is 18.0 Å². The van der Waals surface area contributed by atoms with Gasteiger partial charge in [-0.25, -0.2) is 4.79 Å². The standard InChI is InChI=1S/C16H16N2O3/c19-14-7-6-13(10-14)17-9-8-15(20)18(16(17)21)11-12-4-2-1-3-5-12/h1-9,13-14,19H,10-11H2. The first-order chi connectivity index (χ1) is 10.1. The van der Waals surface area contributed by atoms with E-state index >= 15 is 0 Å². The van der Waals surface area contributed by atoms with E-state index in [1.807, 2.05) is 30.3 Å². The first-order valence-corrected chi connectivity index (χ1v) is 6.87. The topological polar surface area (TPSA) is 64.2 Å². The third-order valence-electron chi connectivity index (χ3n) is 3.67. The molecule has 2 unspecified atom stereocenters. The number of nitrogens with zero attached hydrogens (tertiary/aromatic N) is 2. The number of hydrogen-bond acceptors (Lipinski definition) is 3. The molecule has 1 aliphatic carbocycles. The van der Waals surface area contributed by atoms with Crippen LogP contribution >= 0.6 is 0 Å². The fourth-order valence-corrected chi connectivity index (χ4v) is 2.56. The number of aliphatic hydroxyl groups is 1. The summed E-state index contributed by atoms with van der Waals surface area (Å²) in [5, 5.41) is 9.54. The first-order valence-electron chi connectivity index (χ1n) is 6.87. The minimum absolute atomic E-state index is 0.199. The lowest BCUT2D eigenvalue weighted by Crippen LogP contribution is -2.40. The average Bonchev–Trinajstić information content (AvgIpc) is 2.91. The molecule has 21 heavy (non-hydrogen) atoms. The Morgan fingerprint density at radius 2 is 1.86 bits per heavy atom. The van der Waals surface area contributed by atoms with Gasteiger partial charge in [0.25, 0.3) is 5.56 Å². The lowest BCUT2D eigenvalue weighted by Gasteiger charge is -2.15. The molecule has 1 aliphatic rings. The van der Waals surface area contributed by atoms with Crippen molar-refractivity contribution in [2.75, 3.05) is 0 Å². The molecule has 0 fully saturated rings. The summed E-state index contributed by atoms with van der Waals surface area (Å²) in [5.74, 6) is 0. The molecule has 2 aromatic rings. The number of benzene rings is 1. The Kier molecular flexibility index (Phi) is 3.58. The lowest BCUT2D eigenvalue weighted by atomic mass is 10.2. The molecule has 1 aromatic heterocycles. The number of allylic oxidation sites excluding steroid dienone is 1. The van der Waals surface area contributed by atoms with E-state index in [1.165, 1.54) is 21.4 Å². The van der Waals surface area contributed by atoms with Crippen molar-refractivity contribution in [3.05, 3.63) is 81.1 Å². The monoisotopic (exact) mass is 284 g/mol. The van der Waals surface area contributed by atoms with Crippen molar-refractivity contribution in [3.8, 4) is 0 Å². The zero-order valence-corrected chi connectivity index (χ0v) is 11.4. The summed E-state index contributed by atoms with van der Waals surface area (Å²) in [6, 6.07) is 10.6. The van der Waals surface area contributed by atoms with Gasteiger partial charge in [-0.05, 0) is 5.56 Å². The van der Waals surface area contributed by atoms with E-state index in [2.05, 4.69) is 0 Å². The Bertz CT molecular complexity index is 774. The van der Waals surface area contributed by atoms with Gasteiger partial charge in [-0.15, -0.1) is 0 Å². The summed E-state index contributed by atoms with van der Waals surface area (Å²) in [7, 11) is 0. The van der Waals surface area contributed by atoms with E-state index in [-0.39, 0.29) is 23.8 Å². The number of hydrogen-bond donors (Lipinski definition) is 1. The Morgan fingerprint density at radius 1 is 1.10 bits per heavy atom. The van der Waals surface area contributed by atoms with Crippen LogP contribution in [0, 0.1) is 0 Å². The molecule has 3 rings (SSSR count). The highest BCUT2D eigenvalue weighted by Gasteiger charge is 2.20. The molecule has 0 aliphatic heterocycles. The van der Waals surface area contributed by atoms with Crippen molar-refractivity contribution >= 4 is 0 Å². The summed E-state index contributed by atoms with van der Waals surface area (Å²) in [6.45, 7) is 0.248. The lowest BCUT2D eigenvalue weighted by molar-refractivity contribution is 0.209. The van der Waals surface area contributed by atoms with E-state index in [9.17, 15) is 14.7 Å². The second kappa shape index (κ2) is 5.54. The van der Waals surface area contributed by atoms with Crippen LogP contribution in [0.3, 0.4) is 0 Å². The third kappa shape index (κ3) is 2.73. The molecule has 0 bridgehead atoms. The number of aromatic nitrogens is 2. The second-order valence-electron chi connectivity index (χ2n) is 5.17. The van der Waals surface area contributed by atoms with Crippen molar-refractivity contribution in [2.45, 2.75) is 25.1 Å². The average molecular weight is 284 g/mol. The highest BCUT2D eigenvalue weighted by Crippen LogP contribution is 2.20. The predicted octanol–water partition coefficient (Wildman–Crippen LogP) is 0.920. The van der Waals surface area contributed by atoms with E-state index in [0.717, 1.165) is 5.56 Å². The fraction of sp³-hybridized carbons (Fsp3) is 0.250. The SMILES string of the molecule is O=c1ccn(C2C=CC(O)C2)c(=O)n1Cc1ccccc1. The normalized spacial score (nSPS) is 20.8. The van der Waals surface area contributed by atoms with Crippen LogP contribution in [0.15, 0.2) is 64.3 Å². The van der Waals surface area contributed by atoms with Gasteiger partial charge in [-0.1, -0.05) is 42.5 Å². The Hall–Kier alpha value is -2.40. The Balaban J connectivity index is 1.99. The maximum atomic E-state index is 12.5. The van der Waals surface area contributed by atoms with Gasteiger partial charge in [0.2, 0.25) is 0 Å². The molecule has 1 N–H and O–H groups in total. The molecule has 108 valence electrons. The van der Waals surface area contributed by atoms with Crippen molar-refractivity contribution in [2.24, 2.45) is 0 Å². The highest BCUT2D eigenvalue weighted by atomic mass is 16.3. The van der Waals surface area contributed by atoms with Crippen LogP contribution in [0.25, 0.3) is 0 Å². The second-order valence-corrected chi connectivity index (χ2v) is 5.17. The molecule has 1 aromatic carbocycles. The summed E-state index contributed by atoms with van der Waals surface area (Å²) in [5.41, 5.74) is 0.231. The van der Waals surface area contributed by atoms with Crippen LogP contribution in [0.4, 0.5) is 0 Å². The van der Waals surface area contributed by atoms with Crippen LogP contribution in [0.2, 0.25) is 0 Å². The molecule has 2 atom stereocenters. The molecule has 0 saturated heterocycles. The van der Waals surface area contributed by atoms with Crippen LogP contribution in [0.5, 0.6) is 0 Å². The molecule has 0 saturated carbocycles. The van der Waals surface area contributed by atoms with Crippen LogP contribution in [-0.2, 0) is 6.54 Å². The molecule has 0 radical (unpaired) electrons. The quantitative estimate of drug-likeness (QED) is 0.852. The highest BCUT2D eigenvalue weighted by molar-refractivity contribution is 5.15. The molecular weight excluding hydrogens is 268 g/mol. The van der Waals surface area contributed by atoms with E-state index in [4.69, 9.17) is 0 Å². The Labute approximate surface area is 121 Å².